The zero-order chi connectivity index (χ0) is 16.2. The minimum atomic E-state index is -0.219. The summed E-state index contributed by atoms with van der Waals surface area (Å²) in [4.78, 5) is 18.4. The lowest BCUT2D eigenvalue weighted by molar-refractivity contribution is -0.148. The summed E-state index contributed by atoms with van der Waals surface area (Å²) in [6, 6.07) is 7.76. The molecule has 2 aromatic rings. The fourth-order valence-electron chi connectivity index (χ4n) is 2.98. The number of likely N-dealkylation sites (tertiary alicyclic amines) is 1. The number of hydrogen-bond acceptors (Lipinski definition) is 6. The van der Waals surface area contributed by atoms with Gasteiger partial charge in [0, 0.05) is 5.56 Å². The number of methoxy groups -OCH3 is 1. The molecule has 1 aliphatic rings. The van der Waals surface area contributed by atoms with Gasteiger partial charge < -0.3 is 9.26 Å². The molecule has 0 radical (unpaired) electrons. The number of piperidine rings is 1. The van der Waals surface area contributed by atoms with Gasteiger partial charge >= 0.3 is 5.97 Å². The zero-order valence-corrected chi connectivity index (χ0v) is 13.5. The van der Waals surface area contributed by atoms with E-state index in [4.69, 9.17) is 9.26 Å². The standard InChI is InChI=1S/C17H21N3O3/c1-12-6-5-7-13(10-12)16-18-15(23-19-16)11-20-9-4-3-8-14(20)17(21)22-2/h5-7,10,14H,3-4,8-9,11H2,1-2H3/t14-/m0/s1. The van der Waals surface area contributed by atoms with Crippen molar-refractivity contribution in [3.8, 4) is 11.4 Å². The molecule has 2 heterocycles. The van der Waals surface area contributed by atoms with Crippen LogP contribution < -0.4 is 0 Å². The first-order valence-electron chi connectivity index (χ1n) is 7.89. The van der Waals surface area contributed by atoms with E-state index < -0.39 is 0 Å². The molecular formula is C17H21N3O3. The Bertz CT molecular complexity index is 683. The number of esters is 1. The van der Waals surface area contributed by atoms with E-state index in [1.165, 1.54) is 7.11 Å². The second kappa shape index (κ2) is 6.91. The summed E-state index contributed by atoms with van der Waals surface area (Å²) in [5, 5.41) is 4.05. The van der Waals surface area contributed by atoms with E-state index >= 15 is 0 Å². The molecule has 122 valence electrons. The van der Waals surface area contributed by atoms with Gasteiger partial charge in [-0.05, 0) is 32.4 Å². The predicted octanol–water partition coefficient (Wildman–Crippen LogP) is 2.57. The number of aromatic nitrogens is 2. The molecule has 0 N–H and O–H groups in total. The van der Waals surface area contributed by atoms with E-state index in [1.807, 2.05) is 31.2 Å². The van der Waals surface area contributed by atoms with Gasteiger partial charge in [0.2, 0.25) is 11.7 Å². The monoisotopic (exact) mass is 315 g/mol. The van der Waals surface area contributed by atoms with Crippen LogP contribution in [-0.2, 0) is 16.1 Å². The smallest absolute Gasteiger partial charge is 0.323 e. The Hall–Kier alpha value is -2.21. The molecule has 6 heteroatoms. The maximum atomic E-state index is 11.9. The predicted molar refractivity (Wildman–Crippen MR) is 84.5 cm³/mol. The summed E-state index contributed by atoms with van der Waals surface area (Å²) in [5.41, 5.74) is 2.08. The van der Waals surface area contributed by atoms with E-state index in [0.717, 1.165) is 36.9 Å². The van der Waals surface area contributed by atoms with E-state index in [2.05, 4.69) is 15.0 Å². The maximum Gasteiger partial charge on any atom is 0.323 e. The van der Waals surface area contributed by atoms with Gasteiger partial charge in [-0.2, -0.15) is 4.98 Å². The third kappa shape index (κ3) is 3.59. The number of hydrogen-bond donors (Lipinski definition) is 0. The highest BCUT2D eigenvalue weighted by molar-refractivity contribution is 5.75. The molecule has 0 aliphatic carbocycles. The molecule has 1 fully saturated rings. The molecule has 1 atom stereocenters. The van der Waals surface area contributed by atoms with Gasteiger partial charge in [0.1, 0.15) is 6.04 Å². The molecule has 0 amide bonds. The number of carbonyl (C=O) groups excluding carboxylic acids is 1. The van der Waals surface area contributed by atoms with Crippen molar-refractivity contribution in [2.75, 3.05) is 13.7 Å². The van der Waals surface area contributed by atoms with Crippen molar-refractivity contribution in [2.45, 2.75) is 38.8 Å². The van der Waals surface area contributed by atoms with Gasteiger partial charge in [0.05, 0.1) is 13.7 Å². The number of benzene rings is 1. The first-order valence-corrected chi connectivity index (χ1v) is 7.89. The topological polar surface area (TPSA) is 68.5 Å². The zero-order valence-electron chi connectivity index (χ0n) is 13.5. The number of carbonyl (C=O) groups is 1. The van der Waals surface area contributed by atoms with Gasteiger partial charge in [0.25, 0.3) is 0 Å². The van der Waals surface area contributed by atoms with E-state index in [-0.39, 0.29) is 12.0 Å². The Kier molecular flexibility index (Phi) is 4.71. The first kappa shape index (κ1) is 15.7. The molecule has 1 aliphatic heterocycles. The van der Waals surface area contributed by atoms with Crippen molar-refractivity contribution in [3.05, 3.63) is 35.7 Å². The number of nitrogens with zero attached hydrogens (tertiary/aromatic N) is 3. The lowest BCUT2D eigenvalue weighted by Crippen LogP contribution is -2.44. The van der Waals surface area contributed by atoms with Crippen molar-refractivity contribution < 1.29 is 14.1 Å². The number of rotatable bonds is 4. The number of aryl methyl sites for hydroxylation is 1. The maximum absolute atomic E-state index is 11.9. The molecule has 6 nitrogen and oxygen atoms in total. The third-order valence-electron chi connectivity index (χ3n) is 4.17. The second-order valence-corrected chi connectivity index (χ2v) is 5.89. The first-order chi connectivity index (χ1) is 11.2. The Labute approximate surface area is 135 Å². The Morgan fingerprint density at radius 3 is 3.09 bits per heavy atom. The molecule has 1 saturated heterocycles. The average molecular weight is 315 g/mol. The Morgan fingerprint density at radius 2 is 2.30 bits per heavy atom. The van der Waals surface area contributed by atoms with Crippen molar-refractivity contribution >= 4 is 5.97 Å². The van der Waals surface area contributed by atoms with Crippen LogP contribution in [0, 0.1) is 6.92 Å². The summed E-state index contributed by atoms with van der Waals surface area (Å²) < 4.78 is 10.3. The van der Waals surface area contributed by atoms with Crippen molar-refractivity contribution in [3.63, 3.8) is 0 Å². The van der Waals surface area contributed by atoms with Crippen LogP contribution in [0.25, 0.3) is 11.4 Å². The normalized spacial score (nSPS) is 18.8. The van der Waals surface area contributed by atoms with Crippen molar-refractivity contribution in [1.82, 2.24) is 15.0 Å². The summed E-state index contributed by atoms with van der Waals surface area (Å²) in [7, 11) is 1.43. The SMILES string of the molecule is COC(=O)[C@@H]1CCCCN1Cc1nc(-c2cccc(C)c2)no1. The lowest BCUT2D eigenvalue weighted by Gasteiger charge is -2.32. The molecule has 0 unspecified atom stereocenters. The van der Waals surface area contributed by atoms with E-state index in [0.29, 0.717) is 18.3 Å². The molecule has 23 heavy (non-hydrogen) atoms. The van der Waals surface area contributed by atoms with Crippen LogP contribution in [0.5, 0.6) is 0 Å². The second-order valence-electron chi connectivity index (χ2n) is 5.89. The van der Waals surface area contributed by atoms with E-state index in [1.54, 1.807) is 0 Å². The fraction of sp³-hybridized carbons (Fsp3) is 0.471. The Balaban J connectivity index is 1.74. The molecule has 1 aromatic heterocycles. The highest BCUT2D eigenvalue weighted by atomic mass is 16.5. The summed E-state index contributed by atoms with van der Waals surface area (Å²) in [5.74, 6) is 0.913. The summed E-state index contributed by atoms with van der Waals surface area (Å²) in [6.45, 7) is 3.33. The molecule has 0 spiro atoms. The van der Waals surface area contributed by atoms with Crippen LogP contribution in [0.4, 0.5) is 0 Å². The highest BCUT2D eigenvalue weighted by Gasteiger charge is 2.30. The highest BCUT2D eigenvalue weighted by Crippen LogP contribution is 2.22. The van der Waals surface area contributed by atoms with Crippen LogP contribution >= 0.6 is 0 Å². The molecule has 1 aromatic carbocycles. The number of ether oxygens (including phenoxy) is 1. The molecule has 0 bridgehead atoms. The van der Waals surface area contributed by atoms with Gasteiger partial charge in [0.15, 0.2) is 0 Å². The average Bonchev–Trinajstić information content (AvgIpc) is 3.03. The fourth-order valence-corrected chi connectivity index (χ4v) is 2.98. The van der Waals surface area contributed by atoms with Crippen molar-refractivity contribution in [2.24, 2.45) is 0 Å². The van der Waals surface area contributed by atoms with Crippen LogP contribution in [0.3, 0.4) is 0 Å². The van der Waals surface area contributed by atoms with Gasteiger partial charge in [-0.25, -0.2) is 0 Å². The molecule has 0 saturated carbocycles. The Morgan fingerprint density at radius 1 is 1.43 bits per heavy atom. The van der Waals surface area contributed by atoms with Gasteiger partial charge in [-0.15, -0.1) is 0 Å². The van der Waals surface area contributed by atoms with E-state index in [9.17, 15) is 4.79 Å². The van der Waals surface area contributed by atoms with Gasteiger partial charge in [-0.1, -0.05) is 35.3 Å². The quantitative estimate of drug-likeness (QED) is 0.808. The van der Waals surface area contributed by atoms with Crippen LogP contribution in [-0.4, -0.2) is 40.7 Å². The lowest BCUT2D eigenvalue weighted by atomic mass is 10.0. The summed E-state index contributed by atoms with van der Waals surface area (Å²) in [6.07, 6.45) is 2.91. The summed E-state index contributed by atoms with van der Waals surface area (Å²) >= 11 is 0. The minimum absolute atomic E-state index is 0.192. The minimum Gasteiger partial charge on any atom is -0.468 e. The molecule has 3 rings (SSSR count). The van der Waals surface area contributed by atoms with Crippen molar-refractivity contribution in [1.29, 1.82) is 0 Å². The van der Waals surface area contributed by atoms with Crippen LogP contribution in [0.15, 0.2) is 28.8 Å². The largest absolute Gasteiger partial charge is 0.468 e. The third-order valence-corrected chi connectivity index (χ3v) is 4.17. The van der Waals surface area contributed by atoms with Crippen LogP contribution in [0.1, 0.15) is 30.7 Å². The van der Waals surface area contributed by atoms with Gasteiger partial charge in [-0.3, -0.25) is 9.69 Å². The molecular weight excluding hydrogens is 294 g/mol. The van der Waals surface area contributed by atoms with Crippen LogP contribution in [0.2, 0.25) is 0 Å².